The van der Waals surface area contributed by atoms with E-state index in [0.29, 0.717) is 24.7 Å². The topological polar surface area (TPSA) is 94.1 Å². The molecule has 1 unspecified atom stereocenters. The number of hydrogen-bond acceptors (Lipinski definition) is 6. The maximum absolute atomic E-state index is 12.2. The van der Waals surface area contributed by atoms with E-state index in [0.717, 1.165) is 0 Å². The molecule has 8 heteroatoms. The van der Waals surface area contributed by atoms with Gasteiger partial charge in [-0.25, -0.2) is 13.1 Å². The number of sulfonamides is 1. The maximum atomic E-state index is 12.2. The quantitative estimate of drug-likeness (QED) is 0.775. The zero-order valence-corrected chi connectivity index (χ0v) is 12.8. The molecule has 0 fully saturated rings. The number of hydrogen-bond donors (Lipinski definition) is 2. The Labute approximate surface area is 123 Å². The van der Waals surface area contributed by atoms with Gasteiger partial charge in [0, 0.05) is 19.7 Å². The Morgan fingerprint density at radius 3 is 2.67 bits per heavy atom. The molecule has 0 spiro atoms. The van der Waals surface area contributed by atoms with Gasteiger partial charge >= 0.3 is 0 Å². The number of aliphatic hydroxyl groups is 1. The summed E-state index contributed by atoms with van der Waals surface area (Å²) in [5, 5.41) is 9.92. The van der Waals surface area contributed by atoms with Gasteiger partial charge in [-0.2, -0.15) is 0 Å². The van der Waals surface area contributed by atoms with Crippen LogP contribution in [0, 0.1) is 0 Å². The van der Waals surface area contributed by atoms with Crippen LogP contribution in [0.1, 0.15) is 6.92 Å². The first-order valence-electron chi connectivity index (χ1n) is 6.45. The fourth-order valence-corrected chi connectivity index (χ4v) is 3.06. The Balaban J connectivity index is 2.12. The predicted molar refractivity (Wildman–Crippen MR) is 75.1 cm³/mol. The summed E-state index contributed by atoms with van der Waals surface area (Å²) in [7, 11) is -2.31. The Kier molecular flexibility index (Phi) is 4.72. The van der Waals surface area contributed by atoms with Gasteiger partial charge in [-0.15, -0.1) is 0 Å². The van der Waals surface area contributed by atoms with E-state index in [1.165, 1.54) is 26.2 Å². The molecule has 2 N–H and O–H groups in total. The Bertz CT molecular complexity index is 599. The van der Waals surface area contributed by atoms with Crippen molar-refractivity contribution in [1.29, 1.82) is 0 Å². The Hall–Kier alpha value is -1.35. The molecule has 0 radical (unpaired) electrons. The highest BCUT2D eigenvalue weighted by atomic mass is 32.2. The van der Waals surface area contributed by atoms with Gasteiger partial charge in [0.15, 0.2) is 11.5 Å². The predicted octanol–water partition coefficient (Wildman–Crippen LogP) is 0.133. The van der Waals surface area contributed by atoms with Crippen molar-refractivity contribution < 1.29 is 27.7 Å². The fraction of sp³-hybridized carbons (Fsp3) is 0.538. The lowest BCUT2D eigenvalue weighted by Gasteiger charge is -2.23. The third kappa shape index (κ3) is 4.07. The number of fused-ring (bicyclic) bond motifs is 1. The molecule has 0 saturated heterocycles. The maximum Gasteiger partial charge on any atom is 0.240 e. The molecule has 1 aliphatic heterocycles. The van der Waals surface area contributed by atoms with Crippen molar-refractivity contribution >= 4 is 10.0 Å². The minimum absolute atomic E-state index is 0.0245. The largest absolute Gasteiger partial charge is 0.486 e. The van der Waals surface area contributed by atoms with Gasteiger partial charge in [-0.05, 0) is 19.1 Å². The van der Waals surface area contributed by atoms with Crippen LogP contribution >= 0.6 is 0 Å². The molecule has 0 aliphatic carbocycles. The van der Waals surface area contributed by atoms with Crippen molar-refractivity contribution in [2.45, 2.75) is 17.4 Å². The highest BCUT2D eigenvalue weighted by Crippen LogP contribution is 2.32. The molecule has 1 aromatic carbocycles. The van der Waals surface area contributed by atoms with Gasteiger partial charge in [-0.1, -0.05) is 0 Å². The normalized spacial score (nSPS) is 17.3. The molecule has 2 rings (SSSR count). The zero-order valence-electron chi connectivity index (χ0n) is 12.0. The standard InChI is InChI=1S/C13H19NO6S/c1-13(15,9-18-2)8-14-21(16,17)10-3-4-11-12(7-10)20-6-5-19-11/h3-4,7,14-15H,5-6,8-9H2,1-2H3. The molecule has 7 nitrogen and oxygen atoms in total. The molecule has 1 atom stereocenters. The van der Waals surface area contributed by atoms with Crippen LogP contribution in [0.4, 0.5) is 0 Å². The number of rotatable bonds is 6. The van der Waals surface area contributed by atoms with Crippen LogP contribution in [0.5, 0.6) is 11.5 Å². The van der Waals surface area contributed by atoms with Crippen LogP contribution in [-0.2, 0) is 14.8 Å². The van der Waals surface area contributed by atoms with Gasteiger partial charge < -0.3 is 19.3 Å². The smallest absolute Gasteiger partial charge is 0.240 e. The lowest BCUT2D eigenvalue weighted by Crippen LogP contribution is -2.43. The van der Waals surface area contributed by atoms with Crippen LogP contribution in [-0.4, -0.2) is 52.6 Å². The van der Waals surface area contributed by atoms with E-state index < -0.39 is 15.6 Å². The third-order valence-corrected chi connectivity index (χ3v) is 4.32. The number of ether oxygens (including phenoxy) is 3. The van der Waals surface area contributed by atoms with Gasteiger partial charge in [0.25, 0.3) is 0 Å². The Morgan fingerprint density at radius 1 is 1.33 bits per heavy atom. The second-order valence-corrected chi connectivity index (χ2v) is 6.83. The van der Waals surface area contributed by atoms with E-state index in [-0.39, 0.29) is 18.0 Å². The highest BCUT2D eigenvalue weighted by Gasteiger charge is 2.25. The van der Waals surface area contributed by atoms with Gasteiger partial charge in [0.2, 0.25) is 10.0 Å². The molecule has 1 aromatic rings. The van der Waals surface area contributed by atoms with Gasteiger partial charge in [0.05, 0.1) is 17.1 Å². The molecular weight excluding hydrogens is 298 g/mol. The lowest BCUT2D eigenvalue weighted by molar-refractivity contribution is -0.0119. The number of methoxy groups -OCH3 is 1. The monoisotopic (exact) mass is 317 g/mol. The molecule has 1 heterocycles. The summed E-state index contributed by atoms with van der Waals surface area (Å²) in [4.78, 5) is 0.0555. The van der Waals surface area contributed by atoms with Crippen LogP contribution < -0.4 is 14.2 Å². The SMILES string of the molecule is COCC(C)(O)CNS(=O)(=O)c1ccc2c(c1)OCCO2. The van der Waals surface area contributed by atoms with Crippen LogP contribution in [0.3, 0.4) is 0 Å². The molecule has 118 valence electrons. The van der Waals surface area contributed by atoms with Crippen LogP contribution in [0.15, 0.2) is 23.1 Å². The highest BCUT2D eigenvalue weighted by molar-refractivity contribution is 7.89. The third-order valence-electron chi connectivity index (χ3n) is 2.92. The van der Waals surface area contributed by atoms with Crippen molar-refractivity contribution in [2.75, 3.05) is 33.5 Å². The molecule has 0 saturated carbocycles. The average molecular weight is 317 g/mol. The average Bonchev–Trinajstić information content (AvgIpc) is 2.45. The van der Waals surface area contributed by atoms with E-state index in [4.69, 9.17) is 14.2 Å². The summed E-state index contributed by atoms with van der Waals surface area (Å²) in [6, 6.07) is 4.39. The number of nitrogens with one attached hydrogen (secondary N) is 1. The first-order valence-corrected chi connectivity index (χ1v) is 7.93. The summed E-state index contributed by atoms with van der Waals surface area (Å²) in [5.41, 5.74) is -1.28. The summed E-state index contributed by atoms with van der Waals surface area (Å²) >= 11 is 0. The van der Waals surface area contributed by atoms with Gasteiger partial charge in [-0.3, -0.25) is 0 Å². The van der Waals surface area contributed by atoms with E-state index in [2.05, 4.69) is 4.72 Å². The van der Waals surface area contributed by atoms with Crippen molar-refractivity contribution in [2.24, 2.45) is 0 Å². The van der Waals surface area contributed by atoms with E-state index in [9.17, 15) is 13.5 Å². The molecule has 0 amide bonds. The summed E-state index contributed by atoms with van der Waals surface area (Å²) < 4.78 is 42.3. The Morgan fingerprint density at radius 2 is 2.00 bits per heavy atom. The second kappa shape index (κ2) is 6.18. The van der Waals surface area contributed by atoms with Crippen molar-refractivity contribution in [3.05, 3.63) is 18.2 Å². The van der Waals surface area contributed by atoms with Crippen molar-refractivity contribution in [1.82, 2.24) is 4.72 Å². The van der Waals surface area contributed by atoms with Gasteiger partial charge in [0.1, 0.15) is 13.2 Å². The first kappa shape index (κ1) is 16.0. The van der Waals surface area contributed by atoms with Crippen molar-refractivity contribution in [3.63, 3.8) is 0 Å². The molecule has 0 bridgehead atoms. The van der Waals surface area contributed by atoms with E-state index in [1.807, 2.05) is 0 Å². The van der Waals surface area contributed by atoms with Crippen LogP contribution in [0.25, 0.3) is 0 Å². The molecule has 21 heavy (non-hydrogen) atoms. The minimum Gasteiger partial charge on any atom is -0.486 e. The van der Waals surface area contributed by atoms with Crippen LogP contribution in [0.2, 0.25) is 0 Å². The zero-order chi connectivity index (χ0) is 15.5. The molecular formula is C13H19NO6S. The van der Waals surface area contributed by atoms with E-state index >= 15 is 0 Å². The summed E-state index contributed by atoms with van der Waals surface area (Å²) in [6.45, 7) is 2.18. The minimum atomic E-state index is -3.75. The number of benzene rings is 1. The lowest BCUT2D eigenvalue weighted by atomic mass is 10.1. The summed E-state index contributed by atoms with van der Waals surface area (Å²) in [5.74, 6) is 0.916. The van der Waals surface area contributed by atoms with E-state index in [1.54, 1.807) is 6.07 Å². The summed E-state index contributed by atoms with van der Waals surface area (Å²) in [6.07, 6.45) is 0. The fourth-order valence-electron chi connectivity index (χ4n) is 1.89. The second-order valence-electron chi connectivity index (χ2n) is 5.06. The first-order chi connectivity index (χ1) is 9.84. The molecule has 1 aliphatic rings. The van der Waals surface area contributed by atoms with Crippen molar-refractivity contribution in [3.8, 4) is 11.5 Å². The molecule has 0 aromatic heterocycles.